The Kier molecular flexibility index (Phi) is 4.44. The zero-order valence-electron chi connectivity index (χ0n) is 12.9. The van der Waals surface area contributed by atoms with Gasteiger partial charge in [0.05, 0.1) is 12.8 Å². The van der Waals surface area contributed by atoms with Gasteiger partial charge in [-0.2, -0.15) is 0 Å². The Morgan fingerprint density at radius 1 is 1.12 bits per heavy atom. The molecule has 0 fully saturated rings. The Bertz CT molecular complexity index is 872. The number of rotatable bonds is 4. The van der Waals surface area contributed by atoms with Gasteiger partial charge < -0.3 is 20.2 Å². The van der Waals surface area contributed by atoms with Crippen LogP contribution in [-0.2, 0) is 0 Å². The van der Waals surface area contributed by atoms with Crippen LogP contribution in [0.3, 0.4) is 0 Å². The average molecular weight is 343 g/mol. The maximum Gasteiger partial charge on any atom is 0.291 e. The number of hydrogen-bond donors (Lipinski definition) is 2. The van der Waals surface area contributed by atoms with Gasteiger partial charge >= 0.3 is 0 Å². The quantitative estimate of drug-likeness (QED) is 0.687. The first kappa shape index (κ1) is 16.0. The van der Waals surface area contributed by atoms with E-state index < -0.39 is 0 Å². The fraction of sp³-hybridized carbons (Fsp3) is 0.0556. The first-order valence-corrected chi connectivity index (χ1v) is 7.55. The summed E-state index contributed by atoms with van der Waals surface area (Å²) in [5, 5.41) is 3.37. The molecule has 6 heteroatoms. The molecular formula is C18H15ClN2O3. The number of amides is 1. The highest BCUT2D eigenvalue weighted by atomic mass is 35.5. The van der Waals surface area contributed by atoms with Crippen LogP contribution in [0.15, 0.2) is 59.0 Å². The normalized spacial score (nSPS) is 10.4. The predicted molar refractivity (Wildman–Crippen MR) is 94.5 cm³/mol. The molecule has 1 aromatic heterocycles. The van der Waals surface area contributed by atoms with Crippen molar-refractivity contribution in [1.29, 1.82) is 0 Å². The molecule has 1 heterocycles. The molecular weight excluding hydrogens is 328 g/mol. The lowest BCUT2D eigenvalue weighted by atomic mass is 10.2. The van der Waals surface area contributed by atoms with E-state index >= 15 is 0 Å². The van der Waals surface area contributed by atoms with Gasteiger partial charge in [-0.25, -0.2) is 0 Å². The third-order valence-electron chi connectivity index (χ3n) is 3.43. The number of anilines is 2. The first-order valence-electron chi connectivity index (χ1n) is 7.17. The highest BCUT2D eigenvalue weighted by molar-refractivity contribution is 6.30. The fourth-order valence-corrected chi connectivity index (χ4v) is 2.36. The summed E-state index contributed by atoms with van der Waals surface area (Å²) in [4.78, 5) is 12.4. The Morgan fingerprint density at radius 2 is 1.88 bits per heavy atom. The van der Waals surface area contributed by atoms with E-state index in [0.29, 0.717) is 27.9 Å². The molecule has 24 heavy (non-hydrogen) atoms. The molecule has 3 rings (SSSR count). The van der Waals surface area contributed by atoms with Crippen molar-refractivity contribution in [1.82, 2.24) is 0 Å². The van der Waals surface area contributed by atoms with Gasteiger partial charge in [0.2, 0.25) is 0 Å². The number of nitrogens with one attached hydrogen (secondary N) is 1. The second-order valence-corrected chi connectivity index (χ2v) is 5.52. The summed E-state index contributed by atoms with van der Waals surface area (Å²) >= 11 is 5.87. The summed E-state index contributed by atoms with van der Waals surface area (Å²) in [6.07, 6.45) is 0. The van der Waals surface area contributed by atoms with Crippen molar-refractivity contribution in [2.45, 2.75) is 0 Å². The molecule has 0 radical (unpaired) electrons. The predicted octanol–water partition coefficient (Wildman–Crippen LogP) is 4.44. The number of hydrogen-bond acceptors (Lipinski definition) is 4. The van der Waals surface area contributed by atoms with Crippen molar-refractivity contribution in [3.63, 3.8) is 0 Å². The van der Waals surface area contributed by atoms with Crippen LogP contribution in [0.1, 0.15) is 10.6 Å². The Morgan fingerprint density at radius 3 is 2.58 bits per heavy atom. The van der Waals surface area contributed by atoms with Crippen molar-refractivity contribution < 1.29 is 13.9 Å². The van der Waals surface area contributed by atoms with E-state index in [0.717, 1.165) is 5.56 Å². The molecule has 0 saturated heterocycles. The molecule has 0 aliphatic heterocycles. The minimum Gasteiger partial charge on any atom is -0.495 e. The van der Waals surface area contributed by atoms with Crippen LogP contribution >= 0.6 is 11.6 Å². The summed E-state index contributed by atoms with van der Waals surface area (Å²) < 4.78 is 10.8. The highest BCUT2D eigenvalue weighted by Crippen LogP contribution is 2.28. The van der Waals surface area contributed by atoms with Gasteiger partial charge in [-0.1, -0.05) is 11.6 Å². The minimum atomic E-state index is -0.390. The van der Waals surface area contributed by atoms with E-state index in [1.165, 1.54) is 7.11 Å². The van der Waals surface area contributed by atoms with Crippen LogP contribution in [0.25, 0.3) is 11.3 Å². The molecule has 1 amide bonds. The standard InChI is InChI=1S/C18H15ClN2O3/c1-23-16-7-6-13(20)10-14(16)21-18(22)17-9-8-15(24-17)11-2-4-12(19)5-3-11/h2-10H,20H2,1H3,(H,21,22). The molecule has 0 bridgehead atoms. The SMILES string of the molecule is COc1ccc(N)cc1NC(=O)c1ccc(-c2ccc(Cl)cc2)o1. The number of nitrogen functional groups attached to an aromatic ring is 1. The van der Waals surface area contributed by atoms with Crippen LogP contribution in [0.4, 0.5) is 11.4 Å². The molecule has 0 atom stereocenters. The van der Waals surface area contributed by atoms with Crippen LogP contribution in [-0.4, -0.2) is 13.0 Å². The number of furan rings is 1. The number of benzene rings is 2. The van der Waals surface area contributed by atoms with Gasteiger partial charge in [0.25, 0.3) is 5.91 Å². The first-order chi connectivity index (χ1) is 11.6. The van der Waals surface area contributed by atoms with E-state index in [9.17, 15) is 4.79 Å². The summed E-state index contributed by atoms with van der Waals surface area (Å²) in [6, 6.07) is 15.5. The van der Waals surface area contributed by atoms with Crippen molar-refractivity contribution in [3.05, 3.63) is 65.4 Å². The third-order valence-corrected chi connectivity index (χ3v) is 3.68. The van der Waals surface area contributed by atoms with Crippen LogP contribution in [0, 0.1) is 0 Å². The molecule has 122 valence electrons. The van der Waals surface area contributed by atoms with Crippen LogP contribution in [0.5, 0.6) is 5.75 Å². The smallest absolute Gasteiger partial charge is 0.291 e. The zero-order chi connectivity index (χ0) is 17.1. The second-order valence-electron chi connectivity index (χ2n) is 5.08. The molecule has 0 spiro atoms. The van der Waals surface area contributed by atoms with Gasteiger partial charge in [0.15, 0.2) is 5.76 Å². The fourth-order valence-electron chi connectivity index (χ4n) is 2.24. The van der Waals surface area contributed by atoms with Gasteiger partial charge in [0.1, 0.15) is 11.5 Å². The lowest BCUT2D eigenvalue weighted by molar-refractivity contribution is 0.0997. The molecule has 2 aromatic carbocycles. The van der Waals surface area contributed by atoms with Gasteiger partial charge in [-0.3, -0.25) is 4.79 Å². The maximum atomic E-state index is 12.4. The Balaban J connectivity index is 1.81. The number of ether oxygens (including phenoxy) is 1. The van der Waals surface area contributed by atoms with E-state index in [2.05, 4.69) is 5.32 Å². The van der Waals surface area contributed by atoms with Crippen molar-refractivity contribution in [3.8, 4) is 17.1 Å². The number of nitrogens with two attached hydrogens (primary N) is 1. The summed E-state index contributed by atoms with van der Waals surface area (Å²) in [7, 11) is 1.52. The Labute approximate surface area is 144 Å². The monoisotopic (exact) mass is 342 g/mol. The molecule has 0 saturated carbocycles. The molecule has 5 nitrogen and oxygen atoms in total. The summed E-state index contributed by atoms with van der Waals surface area (Å²) in [5.74, 6) is 0.891. The van der Waals surface area contributed by atoms with Gasteiger partial charge in [0, 0.05) is 16.3 Å². The molecule has 3 aromatic rings. The Hall–Kier alpha value is -2.92. The number of methoxy groups -OCH3 is 1. The highest BCUT2D eigenvalue weighted by Gasteiger charge is 2.15. The van der Waals surface area contributed by atoms with Gasteiger partial charge in [-0.05, 0) is 54.6 Å². The third kappa shape index (κ3) is 3.36. The van der Waals surface area contributed by atoms with Crippen molar-refractivity contribution >= 4 is 28.9 Å². The number of carbonyl (C=O) groups is 1. The lowest BCUT2D eigenvalue weighted by Gasteiger charge is -2.09. The number of carbonyl (C=O) groups excluding carboxylic acids is 1. The molecule has 3 N–H and O–H groups in total. The largest absolute Gasteiger partial charge is 0.495 e. The van der Waals surface area contributed by atoms with Crippen LogP contribution in [0.2, 0.25) is 5.02 Å². The number of halogens is 1. The maximum absolute atomic E-state index is 12.4. The lowest BCUT2D eigenvalue weighted by Crippen LogP contribution is -2.12. The minimum absolute atomic E-state index is 0.185. The van der Waals surface area contributed by atoms with E-state index in [1.54, 1.807) is 42.5 Å². The molecule has 0 aliphatic rings. The van der Waals surface area contributed by atoms with Crippen molar-refractivity contribution in [2.75, 3.05) is 18.2 Å². The van der Waals surface area contributed by atoms with E-state index in [1.807, 2.05) is 12.1 Å². The van der Waals surface area contributed by atoms with Crippen molar-refractivity contribution in [2.24, 2.45) is 0 Å². The topological polar surface area (TPSA) is 77.5 Å². The molecule has 0 unspecified atom stereocenters. The second kappa shape index (κ2) is 6.68. The van der Waals surface area contributed by atoms with E-state index in [4.69, 9.17) is 26.5 Å². The zero-order valence-corrected chi connectivity index (χ0v) is 13.6. The molecule has 0 aliphatic carbocycles. The van der Waals surface area contributed by atoms with Crippen LogP contribution < -0.4 is 15.8 Å². The summed E-state index contributed by atoms with van der Waals surface area (Å²) in [5.41, 5.74) is 7.58. The average Bonchev–Trinajstić information content (AvgIpc) is 3.06. The summed E-state index contributed by atoms with van der Waals surface area (Å²) in [6.45, 7) is 0. The van der Waals surface area contributed by atoms with Gasteiger partial charge in [-0.15, -0.1) is 0 Å². The van der Waals surface area contributed by atoms with E-state index in [-0.39, 0.29) is 11.7 Å².